The zero-order valence-corrected chi connectivity index (χ0v) is 14.2. The Bertz CT molecular complexity index is 565. The summed E-state index contributed by atoms with van der Waals surface area (Å²) in [7, 11) is -0.613. The van der Waals surface area contributed by atoms with E-state index in [9.17, 15) is 8.42 Å². The summed E-state index contributed by atoms with van der Waals surface area (Å²) in [6.07, 6.45) is 2.92. The van der Waals surface area contributed by atoms with Crippen LogP contribution in [-0.2, 0) is 16.4 Å². The molecule has 0 unspecified atom stereocenters. The Balaban J connectivity index is 1.64. The minimum absolute atomic E-state index is 0.369. The van der Waals surface area contributed by atoms with Crippen LogP contribution in [0.3, 0.4) is 0 Å². The Kier molecular flexibility index (Phi) is 5.43. The summed E-state index contributed by atoms with van der Waals surface area (Å²) < 4.78 is 24.9. The number of nitrogens with zero attached hydrogens (tertiary/aromatic N) is 3. The van der Waals surface area contributed by atoms with Crippen LogP contribution >= 0.6 is 0 Å². The lowest BCUT2D eigenvalue weighted by Gasteiger charge is -2.18. The molecule has 1 aliphatic heterocycles. The summed E-state index contributed by atoms with van der Waals surface area (Å²) in [4.78, 5) is 2.30. The van der Waals surface area contributed by atoms with E-state index in [1.807, 2.05) is 6.92 Å². The molecule has 0 saturated carbocycles. The minimum Gasteiger partial charge on any atom is -0.306 e. The van der Waals surface area contributed by atoms with Crippen molar-refractivity contribution in [1.82, 2.24) is 14.7 Å². The van der Waals surface area contributed by atoms with Crippen LogP contribution in [0.15, 0.2) is 6.07 Å². The average Bonchev–Trinajstić information content (AvgIpc) is 2.89. The third kappa shape index (κ3) is 5.11. The van der Waals surface area contributed by atoms with Crippen LogP contribution in [0, 0.1) is 19.8 Å². The smallest absolute Gasteiger partial charge is 0.150 e. The lowest BCUT2D eigenvalue weighted by Crippen LogP contribution is -2.24. The summed E-state index contributed by atoms with van der Waals surface area (Å²) >= 11 is 0. The van der Waals surface area contributed by atoms with Crippen LogP contribution in [0.4, 0.5) is 0 Å². The van der Waals surface area contributed by atoms with E-state index in [1.54, 1.807) is 0 Å². The van der Waals surface area contributed by atoms with Crippen molar-refractivity contribution in [3.8, 4) is 0 Å². The molecule has 1 aromatic heterocycles. The minimum atomic E-state index is -2.73. The molecular formula is C15H27N3O2S. The maximum Gasteiger partial charge on any atom is 0.150 e. The highest BCUT2D eigenvalue weighted by Crippen LogP contribution is 2.21. The first-order chi connectivity index (χ1) is 9.85. The molecule has 1 atom stereocenters. The van der Waals surface area contributed by atoms with E-state index >= 15 is 0 Å². The fourth-order valence-electron chi connectivity index (χ4n) is 3.01. The van der Waals surface area contributed by atoms with Crippen molar-refractivity contribution in [3.05, 3.63) is 17.5 Å². The van der Waals surface area contributed by atoms with Crippen LogP contribution in [-0.4, -0.2) is 54.7 Å². The standard InChI is InChI=1S/C15H27N3O2S/c1-13-11-14(2)18(16-13)8-4-7-17(3)9-5-15-6-10-21(19,20)12-15/h11,15H,4-10,12H2,1-3H3/t15-/m0/s1. The van der Waals surface area contributed by atoms with E-state index in [0.29, 0.717) is 17.4 Å². The van der Waals surface area contributed by atoms with Crippen molar-refractivity contribution in [2.24, 2.45) is 5.92 Å². The van der Waals surface area contributed by atoms with Crippen LogP contribution in [0.5, 0.6) is 0 Å². The molecule has 0 aliphatic carbocycles. The maximum absolute atomic E-state index is 11.4. The number of aromatic nitrogens is 2. The first kappa shape index (κ1) is 16.5. The summed E-state index contributed by atoms with van der Waals surface area (Å²) in [5.74, 6) is 1.15. The summed E-state index contributed by atoms with van der Waals surface area (Å²) in [5.41, 5.74) is 2.29. The fourth-order valence-corrected chi connectivity index (χ4v) is 4.92. The van der Waals surface area contributed by atoms with Crippen molar-refractivity contribution in [3.63, 3.8) is 0 Å². The Hall–Kier alpha value is -0.880. The first-order valence-corrected chi connectivity index (χ1v) is 9.58. The Morgan fingerprint density at radius 3 is 2.71 bits per heavy atom. The van der Waals surface area contributed by atoms with Crippen molar-refractivity contribution in [2.75, 3.05) is 31.6 Å². The molecule has 0 radical (unpaired) electrons. The van der Waals surface area contributed by atoms with Crippen molar-refractivity contribution < 1.29 is 8.42 Å². The molecule has 0 amide bonds. The van der Waals surface area contributed by atoms with Gasteiger partial charge in [-0.1, -0.05) is 0 Å². The second kappa shape index (κ2) is 6.92. The molecule has 2 rings (SSSR count). The molecule has 1 aromatic rings. The van der Waals surface area contributed by atoms with Gasteiger partial charge >= 0.3 is 0 Å². The van der Waals surface area contributed by atoms with Crippen molar-refractivity contribution in [1.29, 1.82) is 0 Å². The first-order valence-electron chi connectivity index (χ1n) is 7.76. The molecule has 0 aromatic carbocycles. The number of rotatable bonds is 7. The van der Waals surface area contributed by atoms with E-state index in [4.69, 9.17) is 0 Å². The molecule has 0 spiro atoms. The molecule has 1 saturated heterocycles. The van der Waals surface area contributed by atoms with Gasteiger partial charge < -0.3 is 4.90 Å². The van der Waals surface area contributed by atoms with Crippen molar-refractivity contribution >= 4 is 9.84 Å². The van der Waals surface area contributed by atoms with Gasteiger partial charge in [0.25, 0.3) is 0 Å². The van der Waals surface area contributed by atoms with Crippen LogP contribution in [0.2, 0.25) is 0 Å². The Labute approximate surface area is 128 Å². The van der Waals surface area contributed by atoms with Gasteiger partial charge in [-0.15, -0.1) is 0 Å². The molecule has 0 N–H and O–H groups in total. The summed E-state index contributed by atoms with van der Waals surface area (Å²) in [6.45, 7) is 7.06. The summed E-state index contributed by atoms with van der Waals surface area (Å²) in [5, 5.41) is 4.46. The molecule has 6 heteroatoms. The lowest BCUT2D eigenvalue weighted by molar-refractivity contribution is 0.294. The average molecular weight is 313 g/mol. The van der Waals surface area contributed by atoms with Gasteiger partial charge in [-0.2, -0.15) is 5.10 Å². The predicted octanol–water partition coefficient (Wildman–Crippen LogP) is 1.65. The van der Waals surface area contributed by atoms with E-state index in [1.165, 1.54) is 5.69 Å². The van der Waals surface area contributed by atoms with Gasteiger partial charge in [-0.25, -0.2) is 8.42 Å². The number of aryl methyl sites for hydroxylation is 3. The highest BCUT2D eigenvalue weighted by molar-refractivity contribution is 7.91. The molecule has 1 aliphatic rings. The van der Waals surface area contributed by atoms with Gasteiger partial charge in [0, 0.05) is 12.2 Å². The lowest BCUT2D eigenvalue weighted by atomic mass is 10.1. The number of hydrogen-bond donors (Lipinski definition) is 0. The topological polar surface area (TPSA) is 55.2 Å². The zero-order valence-electron chi connectivity index (χ0n) is 13.4. The zero-order chi connectivity index (χ0) is 15.5. The predicted molar refractivity (Wildman–Crippen MR) is 85.2 cm³/mol. The maximum atomic E-state index is 11.4. The van der Waals surface area contributed by atoms with E-state index < -0.39 is 9.84 Å². The quantitative estimate of drug-likeness (QED) is 0.768. The van der Waals surface area contributed by atoms with Crippen LogP contribution in [0.1, 0.15) is 30.7 Å². The number of hydrogen-bond acceptors (Lipinski definition) is 4. The van der Waals surface area contributed by atoms with Gasteiger partial charge in [0.15, 0.2) is 9.84 Å². The molecule has 21 heavy (non-hydrogen) atoms. The third-order valence-electron chi connectivity index (χ3n) is 4.26. The molecule has 0 bridgehead atoms. The highest BCUT2D eigenvalue weighted by Gasteiger charge is 2.27. The Morgan fingerprint density at radius 1 is 1.38 bits per heavy atom. The SMILES string of the molecule is Cc1cc(C)n(CCCN(C)CC[C@H]2CCS(=O)(=O)C2)n1. The molecule has 2 heterocycles. The van der Waals surface area contributed by atoms with Crippen LogP contribution in [0.25, 0.3) is 0 Å². The van der Waals surface area contributed by atoms with E-state index in [2.05, 4.69) is 34.7 Å². The second-order valence-electron chi connectivity index (χ2n) is 6.36. The fraction of sp³-hybridized carbons (Fsp3) is 0.800. The van der Waals surface area contributed by atoms with Gasteiger partial charge in [0.2, 0.25) is 0 Å². The molecule has 120 valence electrons. The summed E-state index contributed by atoms with van der Waals surface area (Å²) in [6, 6.07) is 2.10. The van der Waals surface area contributed by atoms with Gasteiger partial charge in [-0.3, -0.25) is 4.68 Å². The monoisotopic (exact) mass is 313 g/mol. The van der Waals surface area contributed by atoms with Crippen molar-refractivity contribution in [2.45, 2.75) is 39.7 Å². The molecule has 1 fully saturated rings. The van der Waals surface area contributed by atoms with Gasteiger partial charge in [0.05, 0.1) is 17.2 Å². The normalized spacial score (nSPS) is 21.2. The molecular weight excluding hydrogens is 286 g/mol. The third-order valence-corrected chi connectivity index (χ3v) is 6.10. The van der Waals surface area contributed by atoms with Gasteiger partial charge in [0.1, 0.15) is 0 Å². The van der Waals surface area contributed by atoms with E-state index in [0.717, 1.165) is 44.6 Å². The van der Waals surface area contributed by atoms with Crippen LogP contribution < -0.4 is 0 Å². The second-order valence-corrected chi connectivity index (χ2v) is 8.59. The largest absolute Gasteiger partial charge is 0.306 e. The molecule has 5 nitrogen and oxygen atoms in total. The number of sulfone groups is 1. The Morgan fingerprint density at radius 2 is 2.14 bits per heavy atom. The van der Waals surface area contributed by atoms with E-state index in [-0.39, 0.29) is 0 Å². The highest BCUT2D eigenvalue weighted by atomic mass is 32.2. The van der Waals surface area contributed by atoms with Gasteiger partial charge in [-0.05, 0) is 65.2 Å².